The van der Waals surface area contributed by atoms with Crippen molar-refractivity contribution in [3.63, 3.8) is 0 Å². The summed E-state index contributed by atoms with van der Waals surface area (Å²) < 4.78 is 6.27. The number of allylic oxidation sites excluding steroid dienone is 7. The van der Waals surface area contributed by atoms with Crippen molar-refractivity contribution in [2.75, 3.05) is 12.8 Å². The van der Waals surface area contributed by atoms with Crippen molar-refractivity contribution < 1.29 is 26.5 Å². The predicted octanol–water partition coefficient (Wildman–Crippen LogP) is 10.2. The molecule has 0 aromatic heterocycles. The van der Waals surface area contributed by atoms with E-state index in [1.54, 1.807) is 0 Å². The van der Waals surface area contributed by atoms with E-state index in [-0.39, 0.29) is 34.3 Å². The van der Waals surface area contributed by atoms with E-state index in [9.17, 15) is 4.79 Å². The molecule has 0 fully saturated rings. The Labute approximate surface area is 347 Å². The number of Topliss-reactive ketones (excluding diaryl/α,β-unsaturated/α-hetero) is 1. The van der Waals surface area contributed by atoms with Crippen molar-refractivity contribution in [2.24, 2.45) is 5.41 Å². The van der Waals surface area contributed by atoms with Crippen molar-refractivity contribution in [3.05, 3.63) is 138 Å². The normalized spacial score (nSPS) is 16.3. The first-order chi connectivity index (χ1) is 26.3. The molecule has 0 unspecified atom stereocenters. The SMILES string of the molecule is CCCCCCCC/C=C\CCCCCCCCO[C@H]1CC(C)(C)C(/C=C/C(C)=C/C[P+](c2ccccc2)(c2ccccc2)c2ccccc2)=C(C)C1=O.[Br-]. The summed E-state index contributed by atoms with van der Waals surface area (Å²) in [6, 6.07) is 33.1. The fourth-order valence-electron chi connectivity index (χ4n) is 7.98. The van der Waals surface area contributed by atoms with Crippen LogP contribution in [0, 0.1) is 5.41 Å². The van der Waals surface area contributed by atoms with E-state index >= 15 is 0 Å². The second-order valence-corrected chi connectivity index (χ2v) is 19.6. The lowest BCUT2D eigenvalue weighted by atomic mass is 9.71. The molecule has 55 heavy (non-hydrogen) atoms. The fourth-order valence-corrected chi connectivity index (χ4v) is 12.1. The molecule has 1 aliphatic carbocycles. The second kappa shape index (κ2) is 25.4. The van der Waals surface area contributed by atoms with Crippen LogP contribution >= 0.6 is 7.26 Å². The van der Waals surface area contributed by atoms with Crippen LogP contribution in [0.3, 0.4) is 0 Å². The van der Waals surface area contributed by atoms with Crippen LogP contribution in [0.5, 0.6) is 0 Å². The largest absolute Gasteiger partial charge is 1.00 e. The molecule has 3 aromatic carbocycles. The van der Waals surface area contributed by atoms with Gasteiger partial charge >= 0.3 is 0 Å². The van der Waals surface area contributed by atoms with Gasteiger partial charge in [0.05, 0.1) is 6.16 Å². The second-order valence-electron chi connectivity index (χ2n) is 16.1. The standard InChI is InChI=1S/C51H70O2P.BrH/c1-6-7-8-9-10-11-12-13-14-15-16-17-18-19-20-30-40-53-49-42-51(4,5)48(44(3)50(49)52)38-37-43(2)39-41-54(45-31-24-21-25-32-45,46-33-26-22-27-34-46)47-35-28-23-29-36-47;/h13-14,21-29,31-39,49H,6-12,15-20,30,40-42H2,1-5H3;1H/q+1;/p-1/b14-13-,38-37+,43-39+;/t49-;/m0./s1. The molecule has 0 heterocycles. The average molecular weight is 826 g/mol. The summed E-state index contributed by atoms with van der Waals surface area (Å²) in [6.45, 7) is 11.7. The van der Waals surface area contributed by atoms with E-state index in [4.69, 9.17) is 4.74 Å². The Morgan fingerprint density at radius 1 is 0.709 bits per heavy atom. The lowest BCUT2D eigenvalue weighted by Crippen LogP contribution is -3.00. The molecule has 0 radical (unpaired) electrons. The molecule has 0 N–H and O–H groups in total. The molecule has 1 atom stereocenters. The number of hydrogen-bond acceptors (Lipinski definition) is 2. The van der Waals surface area contributed by atoms with E-state index in [0.29, 0.717) is 6.61 Å². The molecule has 1 aliphatic rings. The number of carbonyl (C=O) groups excluding carboxylic acids is 1. The summed E-state index contributed by atoms with van der Waals surface area (Å²) in [5.41, 5.74) is 3.05. The van der Waals surface area contributed by atoms with Crippen LogP contribution in [0.2, 0.25) is 0 Å². The maximum absolute atomic E-state index is 13.6. The summed E-state index contributed by atoms with van der Waals surface area (Å²) >= 11 is 0. The minimum absolute atomic E-state index is 0. The molecular weight excluding hydrogens is 755 g/mol. The first-order valence-corrected chi connectivity index (χ1v) is 23.2. The van der Waals surface area contributed by atoms with Gasteiger partial charge in [-0.15, -0.1) is 0 Å². The molecule has 4 heteroatoms. The molecule has 0 saturated heterocycles. The maximum Gasteiger partial charge on any atom is 0.187 e. The highest BCUT2D eigenvalue weighted by molar-refractivity contribution is 7.95. The van der Waals surface area contributed by atoms with E-state index in [1.807, 2.05) is 6.92 Å². The zero-order valence-corrected chi connectivity index (χ0v) is 37.3. The molecule has 0 aliphatic heterocycles. The van der Waals surface area contributed by atoms with Crippen molar-refractivity contribution >= 4 is 29.0 Å². The Morgan fingerprint density at radius 3 is 1.65 bits per heavy atom. The van der Waals surface area contributed by atoms with E-state index < -0.39 is 7.26 Å². The molecule has 3 aromatic rings. The fraction of sp³-hybridized carbons (Fsp3) is 0.471. The number of carbonyl (C=O) groups is 1. The van der Waals surface area contributed by atoms with Crippen LogP contribution in [0.25, 0.3) is 0 Å². The number of halogens is 1. The van der Waals surface area contributed by atoms with E-state index in [0.717, 1.165) is 30.1 Å². The summed E-state index contributed by atoms with van der Waals surface area (Å²) in [5.74, 6) is 0.155. The molecule has 2 nitrogen and oxygen atoms in total. The highest BCUT2D eigenvalue weighted by Gasteiger charge is 2.44. The number of hydrogen-bond donors (Lipinski definition) is 0. The lowest BCUT2D eigenvalue weighted by Gasteiger charge is -2.36. The van der Waals surface area contributed by atoms with Gasteiger partial charge in [-0.3, -0.25) is 4.79 Å². The number of benzene rings is 3. The first-order valence-electron chi connectivity index (χ1n) is 21.2. The third-order valence-corrected chi connectivity index (χ3v) is 15.5. The van der Waals surface area contributed by atoms with Gasteiger partial charge < -0.3 is 21.7 Å². The summed E-state index contributed by atoms with van der Waals surface area (Å²) in [6.07, 6.45) is 31.0. The smallest absolute Gasteiger partial charge is 0.187 e. The summed E-state index contributed by atoms with van der Waals surface area (Å²) in [4.78, 5) is 13.6. The molecule has 0 saturated carbocycles. The van der Waals surface area contributed by atoms with Crippen molar-refractivity contribution in [1.82, 2.24) is 0 Å². The molecule has 4 rings (SSSR count). The number of rotatable bonds is 24. The maximum atomic E-state index is 13.6. The van der Waals surface area contributed by atoms with Gasteiger partial charge in [0, 0.05) is 6.61 Å². The van der Waals surface area contributed by atoms with Crippen LogP contribution in [0.15, 0.2) is 138 Å². The number of unbranched alkanes of at least 4 members (excludes halogenated alkanes) is 12. The van der Waals surface area contributed by atoms with Gasteiger partial charge in [0.15, 0.2) is 5.78 Å². The quantitative estimate of drug-likeness (QED) is 0.0389. The van der Waals surface area contributed by atoms with Crippen LogP contribution in [-0.2, 0) is 9.53 Å². The topological polar surface area (TPSA) is 26.3 Å². The van der Waals surface area contributed by atoms with Crippen molar-refractivity contribution in [1.29, 1.82) is 0 Å². The number of ether oxygens (including phenoxy) is 1. The van der Waals surface area contributed by atoms with Gasteiger partial charge in [0.25, 0.3) is 0 Å². The molecule has 0 spiro atoms. The minimum Gasteiger partial charge on any atom is -1.00 e. The highest BCUT2D eigenvalue weighted by atomic mass is 79.9. The number of ketones is 1. The Hall–Kier alpha value is -2.84. The Morgan fingerprint density at radius 2 is 1.16 bits per heavy atom. The zero-order chi connectivity index (χ0) is 38.5. The lowest BCUT2D eigenvalue weighted by molar-refractivity contribution is -0.129. The van der Waals surface area contributed by atoms with Gasteiger partial charge in [-0.25, -0.2) is 0 Å². The van der Waals surface area contributed by atoms with Crippen molar-refractivity contribution in [2.45, 2.75) is 137 Å². The Bertz CT molecular complexity index is 1540. The van der Waals surface area contributed by atoms with Gasteiger partial charge in [-0.2, -0.15) is 0 Å². The first kappa shape index (κ1) is 46.5. The van der Waals surface area contributed by atoms with Gasteiger partial charge in [-0.05, 0) is 111 Å². The predicted molar refractivity (Wildman–Crippen MR) is 238 cm³/mol. The zero-order valence-electron chi connectivity index (χ0n) is 34.8. The third-order valence-electron chi connectivity index (χ3n) is 11.3. The summed E-state index contributed by atoms with van der Waals surface area (Å²) in [7, 11) is -1.95. The van der Waals surface area contributed by atoms with E-state index in [2.05, 4.69) is 149 Å². The molecule has 298 valence electrons. The average Bonchev–Trinajstić information content (AvgIpc) is 3.19. The van der Waals surface area contributed by atoms with Crippen LogP contribution in [-0.4, -0.2) is 24.7 Å². The van der Waals surface area contributed by atoms with Gasteiger partial charge in [0.2, 0.25) is 0 Å². The monoisotopic (exact) mass is 824 g/mol. The molecule has 0 bridgehead atoms. The minimum atomic E-state index is -1.95. The Balaban J connectivity index is 0.00000812. The molecule has 0 amide bonds. The van der Waals surface area contributed by atoms with E-state index in [1.165, 1.54) is 105 Å². The van der Waals surface area contributed by atoms with Crippen LogP contribution in [0.1, 0.15) is 131 Å². The summed E-state index contributed by atoms with van der Waals surface area (Å²) in [5, 5.41) is 4.16. The third kappa shape index (κ3) is 14.6. The van der Waals surface area contributed by atoms with Gasteiger partial charge in [0.1, 0.15) is 29.3 Å². The van der Waals surface area contributed by atoms with Crippen LogP contribution in [0.4, 0.5) is 0 Å². The highest BCUT2D eigenvalue weighted by Crippen LogP contribution is 2.55. The van der Waals surface area contributed by atoms with Gasteiger partial charge in [-0.1, -0.05) is 163 Å². The van der Waals surface area contributed by atoms with Crippen LogP contribution < -0.4 is 32.9 Å². The van der Waals surface area contributed by atoms with Crippen molar-refractivity contribution in [3.8, 4) is 0 Å². The molecular formula is C51H70BrO2P. The Kier molecular flexibility index (Phi) is 21.5.